The molecule has 0 atom stereocenters. The number of nitrogen functional groups attached to an aromatic ring is 1. The summed E-state index contributed by atoms with van der Waals surface area (Å²) in [6.45, 7) is 8.13. The number of aryl methyl sites for hydroxylation is 1. The Hall–Kier alpha value is -1.22. The molecule has 0 radical (unpaired) electrons. The lowest BCUT2D eigenvalue weighted by Gasteiger charge is -2.11. The summed E-state index contributed by atoms with van der Waals surface area (Å²) in [4.78, 5) is 0. The Morgan fingerprint density at radius 2 is 2.00 bits per heavy atom. The van der Waals surface area contributed by atoms with E-state index in [1.165, 1.54) is 0 Å². The summed E-state index contributed by atoms with van der Waals surface area (Å²) in [5.74, 6) is 1.30. The van der Waals surface area contributed by atoms with Crippen molar-refractivity contribution in [3.05, 3.63) is 23.8 Å². The third-order valence-electron chi connectivity index (χ3n) is 2.22. The van der Waals surface area contributed by atoms with Gasteiger partial charge in [-0.1, -0.05) is 26.0 Å². The van der Waals surface area contributed by atoms with Gasteiger partial charge < -0.3 is 15.2 Å². The van der Waals surface area contributed by atoms with Crippen LogP contribution in [0.3, 0.4) is 0 Å². The van der Waals surface area contributed by atoms with Gasteiger partial charge in [-0.25, -0.2) is 0 Å². The van der Waals surface area contributed by atoms with Crippen molar-refractivity contribution in [3.8, 4) is 5.75 Å². The Morgan fingerprint density at radius 3 is 2.69 bits per heavy atom. The van der Waals surface area contributed by atoms with Crippen molar-refractivity contribution in [3.63, 3.8) is 0 Å². The standard InChI is InChI=1S/C13H21NO2/c1-10(2)9-15-7-8-16-12-6-4-5-11(3)13(12)14/h4-6,10H,7-9,14H2,1-3H3. The SMILES string of the molecule is Cc1cccc(OCCOCC(C)C)c1N. The van der Waals surface area contributed by atoms with E-state index in [9.17, 15) is 0 Å². The maximum atomic E-state index is 5.88. The smallest absolute Gasteiger partial charge is 0.142 e. The molecule has 0 aliphatic rings. The average Bonchev–Trinajstić information content (AvgIpc) is 2.23. The molecule has 0 aliphatic heterocycles. The summed E-state index contributed by atoms with van der Waals surface area (Å²) in [7, 11) is 0. The van der Waals surface area contributed by atoms with Crippen LogP contribution in [-0.2, 0) is 4.74 Å². The number of rotatable bonds is 6. The lowest BCUT2D eigenvalue weighted by atomic mass is 10.2. The zero-order valence-electron chi connectivity index (χ0n) is 10.3. The largest absolute Gasteiger partial charge is 0.489 e. The number of ether oxygens (including phenoxy) is 2. The highest BCUT2D eigenvalue weighted by molar-refractivity contribution is 5.57. The average molecular weight is 223 g/mol. The number of benzene rings is 1. The van der Waals surface area contributed by atoms with Crippen LogP contribution in [0.5, 0.6) is 5.75 Å². The fourth-order valence-corrected chi connectivity index (χ4v) is 1.31. The van der Waals surface area contributed by atoms with Gasteiger partial charge in [-0.3, -0.25) is 0 Å². The minimum absolute atomic E-state index is 0.542. The molecule has 1 aromatic carbocycles. The molecular formula is C13H21NO2. The predicted octanol–water partition coefficient (Wildman–Crippen LogP) is 2.63. The summed E-state index contributed by atoms with van der Waals surface area (Å²) in [5.41, 5.74) is 7.64. The highest BCUT2D eigenvalue weighted by Crippen LogP contribution is 2.23. The number of anilines is 1. The van der Waals surface area contributed by atoms with Gasteiger partial charge in [0.2, 0.25) is 0 Å². The number of nitrogens with two attached hydrogens (primary N) is 1. The van der Waals surface area contributed by atoms with E-state index in [-0.39, 0.29) is 0 Å². The van der Waals surface area contributed by atoms with E-state index in [4.69, 9.17) is 15.2 Å². The van der Waals surface area contributed by atoms with E-state index in [2.05, 4.69) is 13.8 Å². The van der Waals surface area contributed by atoms with Crippen LogP contribution in [0.15, 0.2) is 18.2 Å². The first-order valence-electron chi connectivity index (χ1n) is 5.67. The Morgan fingerprint density at radius 1 is 1.25 bits per heavy atom. The Kier molecular flexibility index (Phi) is 5.12. The number of para-hydroxylation sites is 1. The van der Waals surface area contributed by atoms with Gasteiger partial charge >= 0.3 is 0 Å². The van der Waals surface area contributed by atoms with Gasteiger partial charge in [0.25, 0.3) is 0 Å². The highest BCUT2D eigenvalue weighted by atomic mass is 16.5. The molecular weight excluding hydrogens is 202 g/mol. The van der Waals surface area contributed by atoms with Gasteiger partial charge in [-0.05, 0) is 24.5 Å². The van der Waals surface area contributed by atoms with E-state index >= 15 is 0 Å². The zero-order chi connectivity index (χ0) is 12.0. The van der Waals surface area contributed by atoms with Crippen LogP contribution in [0.1, 0.15) is 19.4 Å². The summed E-state index contributed by atoms with van der Waals surface area (Å²) < 4.78 is 11.0. The van der Waals surface area contributed by atoms with Crippen LogP contribution in [0.4, 0.5) is 5.69 Å². The lowest BCUT2D eigenvalue weighted by Crippen LogP contribution is -2.11. The van der Waals surface area contributed by atoms with Crippen molar-refractivity contribution in [2.24, 2.45) is 5.92 Å². The van der Waals surface area contributed by atoms with E-state index in [0.29, 0.717) is 24.8 Å². The fraction of sp³-hybridized carbons (Fsp3) is 0.538. The molecule has 3 heteroatoms. The van der Waals surface area contributed by atoms with Crippen LogP contribution in [0, 0.1) is 12.8 Å². The van der Waals surface area contributed by atoms with Crippen LogP contribution in [0.25, 0.3) is 0 Å². The normalized spacial score (nSPS) is 10.8. The molecule has 0 spiro atoms. The van der Waals surface area contributed by atoms with Gasteiger partial charge in [-0.2, -0.15) is 0 Å². The van der Waals surface area contributed by atoms with E-state index in [1.807, 2.05) is 25.1 Å². The first-order chi connectivity index (χ1) is 7.61. The monoisotopic (exact) mass is 223 g/mol. The Labute approximate surface area is 97.6 Å². The van der Waals surface area contributed by atoms with Crippen molar-refractivity contribution >= 4 is 5.69 Å². The van der Waals surface area contributed by atoms with Crippen LogP contribution in [-0.4, -0.2) is 19.8 Å². The second-order valence-corrected chi connectivity index (χ2v) is 4.30. The molecule has 1 aromatic rings. The van der Waals surface area contributed by atoms with Crippen LogP contribution < -0.4 is 10.5 Å². The molecule has 90 valence electrons. The first-order valence-corrected chi connectivity index (χ1v) is 5.67. The maximum absolute atomic E-state index is 5.88. The minimum Gasteiger partial charge on any atom is -0.489 e. The molecule has 0 aromatic heterocycles. The third kappa shape index (κ3) is 4.11. The predicted molar refractivity (Wildman–Crippen MR) is 66.7 cm³/mol. The fourth-order valence-electron chi connectivity index (χ4n) is 1.31. The molecule has 3 nitrogen and oxygen atoms in total. The maximum Gasteiger partial charge on any atom is 0.142 e. The third-order valence-corrected chi connectivity index (χ3v) is 2.22. The molecule has 2 N–H and O–H groups in total. The second kappa shape index (κ2) is 6.38. The molecule has 0 amide bonds. The van der Waals surface area contributed by atoms with Crippen molar-refractivity contribution in [2.75, 3.05) is 25.6 Å². The van der Waals surface area contributed by atoms with E-state index in [1.54, 1.807) is 0 Å². The molecule has 0 heterocycles. The highest BCUT2D eigenvalue weighted by Gasteiger charge is 2.02. The molecule has 1 rings (SSSR count). The summed E-state index contributed by atoms with van der Waals surface area (Å²) in [6.07, 6.45) is 0. The van der Waals surface area contributed by atoms with Gasteiger partial charge in [0.1, 0.15) is 12.4 Å². The summed E-state index contributed by atoms with van der Waals surface area (Å²) in [5, 5.41) is 0. The molecule has 16 heavy (non-hydrogen) atoms. The van der Waals surface area contributed by atoms with Gasteiger partial charge in [0, 0.05) is 6.61 Å². The van der Waals surface area contributed by atoms with Crippen LogP contribution >= 0.6 is 0 Å². The van der Waals surface area contributed by atoms with Gasteiger partial charge in [-0.15, -0.1) is 0 Å². The Bertz CT molecular complexity index is 324. The summed E-state index contributed by atoms with van der Waals surface area (Å²) in [6, 6.07) is 5.79. The van der Waals surface area contributed by atoms with Crippen molar-refractivity contribution in [1.29, 1.82) is 0 Å². The Balaban J connectivity index is 2.29. The van der Waals surface area contributed by atoms with Crippen molar-refractivity contribution < 1.29 is 9.47 Å². The zero-order valence-corrected chi connectivity index (χ0v) is 10.3. The lowest BCUT2D eigenvalue weighted by molar-refractivity contribution is 0.0821. The van der Waals surface area contributed by atoms with Gasteiger partial charge in [0.05, 0.1) is 12.3 Å². The first kappa shape index (κ1) is 12.8. The molecule has 0 saturated carbocycles. The molecule has 0 aliphatic carbocycles. The number of hydrogen-bond donors (Lipinski definition) is 1. The van der Waals surface area contributed by atoms with Crippen molar-refractivity contribution in [1.82, 2.24) is 0 Å². The minimum atomic E-state index is 0.542. The van der Waals surface area contributed by atoms with Gasteiger partial charge in [0.15, 0.2) is 0 Å². The molecule has 0 unspecified atom stereocenters. The molecule has 0 bridgehead atoms. The topological polar surface area (TPSA) is 44.5 Å². The van der Waals surface area contributed by atoms with E-state index in [0.717, 1.165) is 17.9 Å². The summed E-state index contributed by atoms with van der Waals surface area (Å²) >= 11 is 0. The number of hydrogen-bond acceptors (Lipinski definition) is 3. The molecule has 0 fully saturated rings. The molecule has 0 saturated heterocycles. The second-order valence-electron chi connectivity index (χ2n) is 4.30. The van der Waals surface area contributed by atoms with Crippen molar-refractivity contribution in [2.45, 2.75) is 20.8 Å². The van der Waals surface area contributed by atoms with E-state index < -0.39 is 0 Å². The van der Waals surface area contributed by atoms with Crippen LogP contribution in [0.2, 0.25) is 0 Å². The quantitative estimate of drug-likeness (QED) is 0.595.